The minimum absolute atomic E-state index is 0.292. The number of ether oxygens (including phenoxy) is 2. The number of rotatable bonds is 2. The molecule has 0 saturated carbocycles. The second-order valence-corrected chi connectivity index (χ2v) is 7.12. The summed E-state index contributed by atoms with van der Waals surface area (Å²) < 4.78 is 11.0. The van der Waals surface area contributed by atoms with Gasteiger partial charge in [0, 0.05) is 11.6 Å². The lowest BCUT2D eigenvalue weighted by Crippen LogP contribution is -2.46. The lowest BCUT2D eigenvalue weighted by Gasteiger charge is -2.34. The SMILES string of the molecule is CC(C)(C)OC(=O)N1CCOCC1c1nnn(-c2cccc(Cl)c2)n1. The fraction of sp³-hybridized carbons (Fsp3) is 0.500. The molecule has 1 aliphatic heterocycles. The molecular formula is C16H20ClN5O3. The third kappa shape index (κ3) is 4.26. The number of carbonyl (C=O) groups is 1. The van der Waals surface area contributed by atoms with Crippen LogP contribution in [0.5, 0.6) is 0 Å². The Bertz CT molecular complexity index is 758. The molecular weight excluding hydrogens is 346 g/mol. The second kappa shape index (κ2) is 6.97. The van der Waals surface area contributed by atoms with Crippen LogP contribution in [0.3, 0.4) is 0 Å². The highest BCUT2D eigenvalue weighted by molar-refractivity contribution is 6.30. The van der Waals surface area contributed by atoms with E-state index in [1.54, 1.807) is 23.1 Å². The Morgan fingerprint density at radius 2 is 2.20 bits per heavy atom. The summed E-state index contributed by atoms with van der Waals surface area (Å²) in [7, 11) is 0. The number of carbonyl (C=O) groups excluding carboxylic acids is 1. The van der Waals surface area contributed by atoms with Crippen LogP contribution in [0.4, 0.5) is 4.79 Å². The van der Waals surface area contributed by atoms with Crippen molar-refractivity contribution in [2.75, 3.05) is 19.8 Å². The first-order chi connectivity index (χ1) is 11.8. The van der Waals surface area contributed by atoms with Crippen molar-refractivity contribution in [1.29, 1.82) is 0 Å². The molecule has 0 bridgehead atoms. The predicted molar refractivity (Wildman–Crippen MR) is 90.7 cm³/mol. The molecule has 0 N–H and O–H groups in total. The van der Waals surface area contributed by atoms with Crippen molar-refractivity contribution in [3.8, 4) is 5.69 Å². The van der Waals surface area contributed by atoms with Gasteiger partial charge in [0.05, 0.1) is 18.9 Å². The van der Waals surface area contributed by atoms with E-state index in [4.69, 9.17) is 21.1 Å². The van der Waals surface area contributed by atoms with Crippen LogP contribution in [0, 0.1) is 0 Å². The van der Waals surface area contributed by atoms with Crippen molar-refractivity contribution < 1.29 is 14.3 Å². The fourth-order valence-corrected chi connectivity index (χ4v) is 2.61. The highest BCUT2D eigenvalue weighted by Crippen LogP contribution is 2.24. The van der Waals surface area contributed by atoms with Gasteiger partial charge in [0.15, 0.2) is 5.82 Å². The van der Waals surface area contributed by atoms with Crippen molar-refractivity contribution in [3.05, 3.63) is 35.1 Å². The number of halogens is 1. The summed E-state index contributed by atoms with van der Waals surface area (Å²) in [6.07, 6.45) is -0.417. The monoisotopic (exact) mass is 365 g/mol. The van der Waals surface area contributed by atoms with E-state index in [2.05, 4.69) is 15.4 Å². The Morgan fingerprint density at radius 3 is 2.92 bits per heavy atom. The van der Waals surface area contributed by atoms with Crippen molar-refractivity contribution in [3.63, 3.8) is 0 Å². The maximum atomic E-state index is 12.5. The lowest BCUT2D eigenvalue weighted by atomic mass is 10.2. The number of aromatic nitrogens is 4. The number of morpholine rings is 1. The number of tetrazole rings is 1. The quantitative estimate of drug-likeness (QED) is 0.813. The molecule has 1 aromatic carbocycles. The van der Waals surface area contributed by atoms with E-state index in [9.17, 15) is 4.79 Å². The predicted octanol–water partition coefficient (Wildman–Crippen LogP) is 2.62. The molecule has 1 fully saturated rings. The minimum Gasteiger partial charge on any atom is -0.444 e. The Morgan fingerprint density at radius 1 is 1.40 bits per heavy atom. The molecule has 1 atom stereocenters. The van der Waals surface area contributed by atoms with Crippen LogP contribution in [0.1, 0.15) is 32.6 Å². The van der Waals surface area contributed by atoms with E-state index < -0.39 is 17.7 Å². The molecule has 3 rings (SSSR count). The molecule has 0 aliphatic carbocycles. The first-order valence-electron chi connectivity index (χ1n) is 7.97. The van der Waals surface area contributed by atoms with Gasteiger partial charge in [0.2, 0.25) is 0 Å². The van der Waals surface area contributed by atoms with Crippen LogP contribution < -0.4 is 0 Å². The molecule has 1 aliphatic rings. The third-order valence-electron chi connectivity index (χ3n) is 3.52. The van der Waals surface area contributed by atoms with Crippen LogP contribution in [0.2, 0.25) is 5.02 Å². The molecule has 2 aromatic rings. The van der Waals surface area contributed by atoms with Gasteiger partial charge in [0.1, 0.15) is 11.6 Å². The minimum atomic E-state index is -0.578. The van der Waals surface area contributed by atoms with Gasteiger partial charge < -0.3 is 9.47 Å². The summed E-state index contributed by atoms with van der Waals surface area (Å²) in [5, 5.41) is 13.1. The van der Waals surface area contributed by atoms with Crippen molar-refractivity contribution in [2.45, 2.75) is 32.4 Å². The maximum Gasteiger partial charge on any atom is 0.411 e. The largest absolute Gasteiger partial charge is 0.444 e. The van der Waals surface area contributed by atoms with Gasteiger partial charge in [0.25, 0.3) is 0 Å². The van der Waals surface area contributed by atoms with E-state index >= 15 is 0 Å². The zero-order valence-corrected chi connectivity index (χ0v) is 15.1. The summed E-state index contributed by atoms with van der Waals surface area (Å²) in [6.45, 7) is 6.63. The summed E-state index contributed by atoms with van der Waals surface area (Å²) in [5.41, 5.74) is 0.109. The highest BCUT2D eigenvalue weighted by atomic mass is 35.5. The van der Waals surface area contributed by atoms with E-state index in [-0.39, 0.29) is 0 Å². The smallest absolute Gasteiger partial charge is 0.411 e. The lowest BCUT2D eigenvalue weighted by molar-refractivity contribution is -0.0351. The summed E-state index contributed by atoms with van der Waals surface area (Å²) in [4.78, 5) is 15.4. The number of hydrogen-bond donors (Lipinski definition) is 0. The van der Waals surface area contributed by atoms with E-state index in [0.717, 1.165) is 0 Å². The Balaban J connectivity index is 1.82. The van der Waals surface area contributed by atoms with E-state index in [1.165, 1.54) is 4.80 Å². The van der Waals surface area contributed by atoms with Gasteiger partial charge in [-0.15, -0.1) is 15.0 Å². The number of amides is 1. The van der Waals surface area contributed by atoms with Crippen LogP contribution >= 0.6 is 11.6 Å². The molecule has 1 saturated heterocycles. The van der Waals surface area contributed by atoms with E-state index in [0.29, 0.717) is 36.3 Å². The van der Waals surface area contributed by atoms with Gasteiger partial charge in [-0.25, -0.2) is 4.79 Å². The molecule has 0 radical (unpaired) electrons. The third-order valence-corrected chi connectivity index (χ3v) is 3.76. The molecule has 1 unspecified atom stereocenters. The van der Waals surface area contributed by atoms with Crippen LogP contribution in [-0.4, -0.2) is 56.6 Å². The topological polar surface area (TPSA) is 82.4 Å². The Hall–Kier alpha value is -2.19. The average molecular weight is 366 g/mol. The van der Waals surface area contributed by atoms with Crippen LogP contribution in [0.25, 0.3) is 5.69 Å². The van der Waals surface area contributed by atoms with Crippen molar-refractivity contribution >= 4 is 17.7 Å². The molecule has 8 nitrogen and oxygen atoms in total. The first kappa shape index (κ1) is 17.6. The van der Waals surface area contributed by atoms with Crippen LogP contribution in [0.15, 0.2) is 24.3 Å². The van der Waals surface area contributed by atoms with Crippen molar-refractivity contribution in [1.82, 2.24) is 25.1 Å². The second-order valence-electron chi connectivity index (χ2n) is 6.68. The molecule has 2 heterocycles. The maximum absolute atomic E-state index is 12.5. The van der Waals surface area contributed by atoms with Gasteiger partial charge >= 0.3 is 6.09 Å². The zero-order valence-electron chi connectivity index (χ0n) is 14.3. The molecule has 1 amide bonds. The molecule has 0 spiro atoms. The van der Waals surface area contributed by atoms with Crippen molar-refractivity contribution in [2.24, 2.45) is 0 Å². The summed E-state index contributed by atoms with van der Waals surface area (Å²) in [5.74, 6) is 0.394. The molecule has 25 heavy (non-hydrogen) atoms. The average Bonchev–Trinajstić information content (AvgIpc) is 3.03. The fourth-order valence-electron chi connectivity index (χ4n) is 2.43. The van der Waals surface area contributed by atoms with Gasteiger partial charge in [-0.2, -0.15) is 0 Å². The Kier molecular flexibility index (Phi) is 4.91. The summed E-state index contributed by atoms with van der Waals surface area (Å²) in [6, 6.07) is 6.67. The first-order valence-corrected chi connectivity index (χ1v) is 8.34. The normalized spacial score (nSPS) is 18.2. The van der Waals surface area contributed by atoms with Gasteiger partial charge in [-0.05, 0) is 44.2 Å². The standard InChI is InChI=1S/C16H20ClN5O3/c1-16(2,3)25-15(23)21-7-8-24-10-13(21)14-18-20-22(19-14)12-6-4-5-11(17)9-12/h4-6,9,13H,7-8,10H2,1-3H3. The molecule has 1 aromatic heterocycles. The van der Waals surface area contributed by atoms with E-state index in [1.807, 2.05) is 26.8 Å². The van der Waals surface area contributed by atoms with Gasteiger partial charge in [-0.3, -0.25) is 4.90 Å². The molecule has 134 valence electrons. The van der Waals surface area contributed by atoms with Gasteiger partial charge in [-0.1, -0.05) is 17.7 Å². The summed E-state index contributed by atoms with van der Waals surface area (Å²) >= 11 is 6.00. The highest BCUT2D eigenvalue weighted by Gasteiger charge is 2.34. The number of benzene rings is 1. The van der Waals surface area contributed by atoms with Crippen LogP contribution in [-0.2, 0) is 9.47 Å². The number of hydrogen-bond acceptors (Lipinski definition) is 6. The molecule has 9 heteroatoms. The Labute approximate surface area is 150 Å². The number of nitrogens with zero attached hydrogens (tertiary/aromatic N) is 5. The zero-order chi connectivity index (χ0) is 18.0.